The molecule has 0 bridgehead atoms. The predicted octanol–water partition coefficient (Wildman–Crippen LogP) is 4.22. The van der Waals surface area contributed by atoms with Gasteiger partial charge in [-0.3, -0.25) is 0 Å². The van der Waals surface area contributed by atoms with E-state index in [0.29, 0.717) is 10.9 Å². The molecule has 1 rings (SSSR count). The quantitative estimate of drug-likeness (QED) is 0.805. The van der Waals surface area contributed by atoms with Crippen LogP contribution in [0.25, 0.3) is 0 Å². The van der Waals surface area contributed by atoms with Crippen molar-refractivity contribution in [3.63, 3.8) is 0 Å². The molecule has 0 aromatic heterocycles. The molecule has 0 saturated carbocycles. The largest absolute Gasteiger partial charge is 0.464 e. The van der Waals surface area contributed by atoms with Crippen molar-refractivity contribution < 1.29 is 22.7 Å². The molecular weight excluding hydrogens is 339 g/mol. The van der Waals surface area contributed by atoms with Crippen LogP contribution in [0.5, 0.6) is 0 Å². The Kier molecular flexibility index (Phi) is 5.86. The van der Waals surface area contributed by atoms with E-state index in [-0.39, 0.29) is 12.3 Å². The Balaban J connectivity index is 3.04. The minimum Gasteiger partial charge on any atom is -0.464 e. The van der Waals surface area contributed by atoms with Crippen LogP contribution >= 0.6 is 15.9 Å². The number of ether oxygens (including phenoxy) is 1. The molecule has 0 aliphatic heterocycles. The van der Waals surface area contributed by atoms with Crippen molar-refractivity contribution in [3.8, 4) is 0 Å². The summed E-state index contributed by atoms with van der Waals surface area (Å²) < 4.78 is 44.0. The molecule has 1 N–H and O–H groups in total. The maximum absolute atomic E-state index is 13.0. The third-order valence-corrected chi connectivity index (χ3v) is 3.09. The van der Waals surface area contributed by atoms with Gasteiger partial charge in [0.1, 0.15) is 6.04 Å². The number of esters is 1. The zero-order valence-electron chi connectivity index (χ0n) is 11.1. The lowest BCUT2D eigenvalue weighted by molar-refractivity contribution is -0.144. The van der Waals surface area contributed by atoms with Gasteiger partial charge in [-0.2, -0.15) is 13.2 Å². The zero-order valence-corrected chi connectivity index (χ0v) is 12.6. The Hall–Kier alpha value is -1.24. The highest BCUT2D eigenvalue weighted by Gasteiger charge is 2.34. The van der Waals surface area contributed by atoms with Gasteiger partial charge < -0.3 is 10.1 Å². The fraction of sp³-hybridized carbons (Fsp3) is 0.462. The summed E-state index contributed by atoms with van der Waals surface area (Å²) in [5, 5.41) is 2.60. The minimum atomic E-state index is -4.50. The van der Waals surface area contributed by atoms with Gasteiger partial charge in [0.05, 0.1) is 12.2 Å². The smallest absolute Gasteiger partial charge is 0.418 e. The first-order valence-electron chi connectivity index (χ1n) is 6.09. The van der Waals surface area contributed by atoms with Crippen LogP contribution in [0.4, 0.5) is 18.9 Å². The molecule has 0 heterocycles. The molecule has 0 aliphatic rings. The summed E-state index contributed by atoms with van der Waals surface area (Å²) in [6.45, 7) is 3.52. The Morgan fingerprint density at radius 3 is 2.55 bits per heavy atom. The lowest BCUT2D eigenvalue weighted by Gasteiger charge is -2.20. The second-order valence-electron chi connectivity index (χ2n) is 4.04. The van der Waals surface area contributed by atoms with Crippen LogP contribution in [0.15, 0.2) is 22.7 Å². The number of nitrogens with one attached hydrogen (secondary N) is 1. The average molecular weight is 354 g/mol. The Morgan fingerprint density at radius 1 is 1.40 bits per heavy atom. The molecule has 0 amide bonds. The summed E-state index contributed by atoms with van der Waals surface area (Å²) in [5.41, 5.74) is -0.963. The van der Waals surface area contributed by atoms with Crippen molar-refractivity contribution in [3.05, 3.63) is 28.2 Å². The van der Waals surface area contributed by atoms with Gasteiger partial charge in [0.15, 0.2) is 0 Å². The van der Waals surface area contributed by atoms with Gasteiger partial charge in [-0.15, -0.1) is 0 Å². The van der Waals surface area contributed by atoms with Gasteiger partial charge in [-0.25, -0.2) is 4.79 Å². The van der Waals surface area contributed by atoms with E-state index in [1.807, 2.05) is 0 Å². The molecule has 0 saturated heterocycles. The summed E-state index contributed by atoms with van der Waals surface area (Å²) >= 11 is 3.01. The first-order chi connectivity index (χ1) is 9.29. The van der Waals surface area contributed by atoms with Gasteiger partial charge in [0.2, 0.25) is 0 Å². The van der Waals surface area contributed by atoms with E-state index in [2.05, 4.69) is 21.2 Å². The van der Waals surface area contributed by atoms with Crippen LogP contribution in [0.1, 0.15) is 25.8 Å². The van der Waals surface area contributed by atoms with Crippen molar-refractivity contribution in [1.29, 1.82) is 0 Å². The van der Waals surface area contributed by atoms with E-state index in [1.54, 1.807) is 13.8 Å². The zero-order chi connectivity index (χ0) is 15.3. The van der Waals surface area contributed by atoms with Crippen LogP contribution in [0.2, 0.25) is 0 Å². The van der Waals surface area contributed by atoms with Gasteiger partial charge in [0, 0.05) is 10.2 Å². The van der Waals surface area contributed by atoms with E-state index in [1.165, 1.54) is 12.1 Å². The topological polar surface area (TPSA) is 38.3 Å². The molecule has 0 fully saturated rings. The van der Waals surface area contributed by atoms with Gasteiger partial charge in [-0.05, 0) is 31.5 Å². The molecule has 0 aliphatic carbocycles. The number of rotatable bonds is 5. The van der Waals surface area contributed by atoms with Crippen LogP contribution in [0, 0.1) is 0 Å². The van der Waals surface area contributed by atoms with Crippen molar-refractivity contribution in [2.75, 3.05) is 11.9 Å². The van der Waals surface area contributed by atoms with Crippen molar-refractivity contribution >= 4 is 27.6 Å². The average Bonchev–Trinajstić information content (AvgIpc) is 2.36. The molecule has 1 unspecified atom stereocenters. The van der Waals surface area contributed by atoms with E-state index >= 15 is 0 Å². The molecule has 3 nitrogen and oxygen atoms in total. The monoisotopic (exact) mass is 353 g/mol. The van der Waals surface area contributed by atoms with Gasteiger partial charge >= 0.3 is 12.1 Å². The third-order valence-electron chi connectivity index (χ3n) is 2.60. The number of hydrogen-bond acceptors (Lipinski definition) is 3. The molecule has 112 valence electrons. The van der Waals surface area contributed by atoms with Crippen LogP contribution in [-0.2, 0) is 15.7 Å². The molecular formula is C13H15BrF3NO2. The lowest BCUT2D eigenvalue weighted by atomic mass is 10.1. The first-order valence-corrected chi connectivity index (χ1v) is 6.88. The fourth-order valence-electron chi connectivity index (χ4n) is 1.64. The second kappa shape index (κ2) is 6.97. The Bertz CT molecular complexity index is 477. The fourth-order valence-corrected chi connectivity index (χ4v) is 2.00. The highest BCUT2D eigenvalue weighted by molar-refractivity contribution is 9.10. The highest BCUT2D eigenvalue weighted by Crippen LogP contribution is 2.36. The summed E-state index contributed by atoms with van der Waals surface area (Å²) in [6, 6.07) is 2.93. The molecule has 0 spiro atoms. The normalized spacial score (nSPS) is 12.9. The molecule has 1 aromatic carbocycles. The Morgan fingerprint density at radius 2 is 2.05 bits per heavy atom. The van der Waals surface area contributed by atoms with E-state index in [9.17, 15) is 18.0 Å². The number of alkyl halides is 3. The molecule has 7 heteroatoms. The second-order valence-corrected chi connectivity index (χ2v) is 4.96. The Labute approximate surface area is 123 Å². The molecule has 0 radical (unpaired) electrons. The van der Waals surface area contributed by atoms with Gasteiger partial charge in [0.25, 0.3) is 0 Å². The predicted molar refractivity (Wildman–Crippen MR) is 73.5 cm³/mol. The summed E-state index contributed by atoms with van der Waals surface area (Å²) in [6.07, 6.45) is -4.18. The van der Waals surface area contributed by atoms with E-state index in [0.717, 1.165) is 6.07 Å². The maximum Gasteiger partial charge on any atom is 0.418 e. The molecule has 20 heavy (non-hydrogen) atoms. The van der Waals surface area contributed by atoms with Crippen LogP contribution in [0.3, 0.4) is 0 Å². The van der Waals surface area contributed by atoms with Crippen molar-refractivity contribution in [2.24, 2.45) is 0 Å². The number of benzene rings is 1. The summed E-state index contributed by atoms with van der Waals surface area (Å²) in [5.74, 6) is -0.564. The third kappa shape index (κ3) is 4.40. The summed E-state index contributed by atoms with van der Waals surface area (Å²) in [4.78, 5) is 11.6. The molecule has 1 aromatic rings. The molecule has 1 atom stereocenters. The number of anilines is 1. The standard InChI is InChI=1S/C13H15BrF3NO2/c1-3-10(12(19)20-4-2)18-11-6-5-8(14)7-9(11)13(15,16)17/h5-7,10,18H,3-4H2,1-2H3. The van der Waals surface area contributed by atoms with Crippen LogP contribution in [-0.4, -0.2) is 18.6 Å². The number of halogens is 4. The first kappa shape index (κ1) is 16.8. The summed E-state index contributed by atoms with van der Waals surface area (Å²) in [7, 11) is 0. The van der Waals surface area contributed by atoms with Crippen LogP contribution < -0.4 is 5.32 Å². The van der Waals surface area contributed by atoms with E-state index in [4.69, 9.17) is 4.74 Å². The number of carbonyl (C=O) groups is 1. The SMILES string of the molecule is CCOC(=O)C(CC)Nc1ccc(Br)cc1C(F)(F)F. The highest BCUT2D eigenvalue weighted by atomic mass is 79.9. The maximum atomic E-state index is 13.0. The number of carbonyl (C=O) groups excluding carboxylic acids is 1. The lowest BCUT2D eigenvalue weighted by Crippen LogP contribution is -2.31. The van der Waals surface area contributed by atoms with Crippen molar-refractivity contribution in [2.45, 2.75) is 32.5 Å². The number of hydrogen-bond donors (Lipinski definition) is 1. The van der Waals surface area contributed by atoms with Crippen molar-refractivity contribution in [1.82, 2.24) is 0 Å². The minimum absolute atomic E-state index is 0.138. The van der Waals surface area contributed by atoms with Gasteiger partial charge in [-0.1, -0.05) is 22.9 Å². The van der Waals surface area contributed by atoms with E-state index < -0.39 is 23.8 Å².